The van der Waals surface area contributed by atoms with Gasteiger partial charge in [-0.05, 0) is 6.92 Å². The van der Waals surface area contributed by atoms with Crippen LogP contribution < -0.4 is 0 Å². The molecule has 3 nitrogen and oxygen atoms in total. The second kappa shape index (κ2) is 6.51. The monoisotopic (exact) mass is 157 g/mol. The fourth-order valence-electron chi connectivity index (χ4n) is 0.494. The van der Waals surface area contributed by atoms with E-state index >= 15 is 0 Å². The summed E-state index contributed by atoms with van der Waals surface area (Å²) in [5.74, 6) is 0. The Morgan fingerprint density at radius 3 is 2.40 bits per heavy atom. The summed E-state index contributed by atoms with van der Waals surface area (Å²) in [4.78, 5) is 0. The maximum Gasteiger partial charge on any atom is 0.116 e. The number of oxime groups is 1. The van der Waals surface area contributed by atoms with Crippen LogP contribution in [0.1, 0.15) is 6.92 Å². The average molecular weight is 157 g/mol. The zero-order valence-electron chi connectivity index (χ0n) is 6.16. The lowest BCUT2D eigenvalue weighted by Crippen LogP contribution is -2.16. The van der Waals surface area contributed by atoms with Gasteiger partial charge in [0, 0.05) is 18.1 Å². The van der Waals surface area contributed by atoms with Gasteiger partial charge in [-0.15, -0.1) is 6.58 Å². The quantitative estimate of drug-likeness (QED) is 0.215. The molecule has 56 valence electrons. The molecule has 4 radical (unpaired) electrons. The van der Waals surface area contributed by atoms with Crippen molar-refractivity contribution in [3.8, 4) is 0 Å². The van der Waals surface area contributed by atoms with E-state index in [9.17, 15) is 0 Å². The molecule has 0 aliphatic carbocycles. The van der Waals surface area contributed by atoms with Crippen molar-refractivity contribution in [3.05, 3.63) is 12.7 Å². The molecule has 0 rings (SSSR count). The van der Waals surface area contributed by atoms with Gasteiger partial charge in [0.05, 0.1) is 5.71 Å². The van der Waals surface area contributed by atoms with E-state index in [1.807, 2.05) is 0 Å². The van der Waals surface area contributed by atoms with E-state index in [1.54, 1.807) is 13.0 Å². The predicted molar refractivity (Wildman–Crippen MR) is 41.6 cm³/mol. The van der Waals surface area contributed by atoms with Gasteiger partial charge in [0.25, 0.3) is 0 Å². The van der Waals surface area contributed by atoms with E-state index < -0.39 is 0 Å². The number of ether oxygens (including phenoxy) is 1. The molecule has 1 atom stereocenters. The van der Waals surface area contributed by atoms with Crippen molar-refractivity contribution in [2.45, 2.75) is 13.0 Å². The average Bonchev–Trinajstić information content (AvgIpc) is 1.90. The first-order valence-electron chi connectivity index (χ1n) is 2.60. The molecule has 0 saturated heterocycles. The van der Waals surface area contributed by atoms with Gasteiger partial charge in [0.15, 0.2) is 0 Å². The lowest BCUT2D eigenvalue weighted by molar-refractivity contribution is 0.185. The molecule has 10 heavy (non-hydrogen) atoms. The van der Waals surface area contributed by atoms with Crippen molar-refractivity contribution < 1.29 is 9.94 Å². The Hall–Kier alpha value is -0.613. The lowest BCUT2D eigenvalue weighted by Gasteiger charge is -2.06. The van der Waals surface area contributed by atoms with Crippen molar-refractivity contribution in [2.75, 3.05) is 7.11 Å². The summed E-state index contributed by atoms with van der Waals surface area (Å²) in [6.07, 6.45) is 1.30. The molecule has 0 amide bonds. The van der Waals surface area contributed by atoms with Gasteiger partial charge < -0.3 is 9.94 Å². The molecule has 0 aromatic carbocycles. The highest BCUT2D eigenvalue weighted by atomic mass is 28.1. The van der Waals surface area contributed by atoms with E-state index in [1.165, 1.54) is 7.11 Å². The lowest BCUT2D eigenvalue weighted by atomic mass is 10.2. The molecule has 1 N–H and O–H groups in total. The molecule has 0 fully saturated rings. The molecule has 0 heterocycles. The van der Waals surface area contributed by atoms with Crippen molar-refractivity contribution in [2.24, 2.45) is 5.16 Å². The summed E-state index contributed by atoms with van der Waals surface area (Å²) in [6, 6.07) is 0. The summed E-state index contributed by atoms with van der Waals surface area (Å²) in [6.45, 7) is 5.15. The largest absolute Gasteiger partial charge is 0.411 e. The van der Waals surface area contributed by atoms with Crippen LogP contribution in [0, 0.1) is 0 Å². The van der Waals surface area contributed by atoms with Crippen LogP contribution in [-0.4, -0.2) is 35.1 Å². The Bertz CT molecular complexity index is 125. The van der Waals surface area contributed by atoms with Gasteiger partial charge in [0.2, 0.25) is 0 Å². The normalized spacial score (nSPS) is 13.6. The number of nitrogens with zero attached hydrogens (tertiary/aromatic N) is 1. The van der Waals surface area contributed by atoms with E-state index in [-0.39, 0.29) is 17.1 Å². The van der Waals surface area contributed by atoms with Crippen LogP contribution in [0.2, 0.25) is 0 Å². The summed E-state index contributed by atoms with van der Waals surface area (Å²) in [5, 5.41) is 11.2. The van der Waals surface area contributed by atoms with Gasteiger partial charge in [-0.25, -0.2) is 0 Å². The molecule has 0 bridgehead atoms. The van der Waals surface area contributed by atoms with Crippen LogP contribution in [0.4, 0.5) is 0 Å². The summed E-state index contributed by atoms with van der Waals surface area (Å²) in [5.41, 5.74) is 0.507. The molecule has 4 heteroatoms. The molecule has 0 aromatic heterocycles. The van der Waals surface area contributed by atoms with Gasteiger partial charge in [-0.3, -0.25) is 0 Å². The first kappa shape index (κ1) is 12.1. The highest BCUT2D eigenvalue weighted by molar-refractivity contribution is 5.87. The maximum absolute atomic E-state index is 8.23. The van der Waals surface area contributed by atoms with Crippen LogP contribution in [0.3, 0.4) is 0 Å². The van der Waals surface area contributed by atoms with Crippen LogP contribution in [0.15, 0.2) is 17.8 Å². The topological polar surface area (TPSA) is 41.8 Å². The third-order valence-corrected chi connectivity index (χ3v) is 1.04. The number of hydrogen-bond donors (Lipinski definition) is 1. The number of rotatable bonds is 3. The van der Waals surface area contributed by atoms with Gasteiger partial charge >= 0.3 is 0 Å². The van der Waals surface area contributed by atoms with Gasteiger partial charge in [-0.1, -0.05) is 11.2 Å². The van der Waals surface area contributed by atoms with Crippen molar-refractivity contribution in [1.29, 1.82) is 0 Å². The molecular weight excluding hydrogens is 146 g/mol. The van der Waals surface area contributed by atoms with Gasteiger partial charge in [0.1, 0.15) is 6.10 Å². The third kappa shape index (κ3) is 3.42. The highest BCUT2D eigenvalue weighted by Gasteiger charge is 2.04. The fraction of sp³-hybridized carbons (Fsp3) is 0.500. The number of hydrogen-bond acceptors (Lipinski definition) is 3. The Balaban J connectivity index is 0. The van der Waals surface area contributed by atoms with Crippen LogP contribution in [-0.2, 0) is 4.74 Å². The Labute approximate surface area is 65.4 Å². The van der Waals surface area contributed by atoms with E-state index in [2.05, 4.69) is 11.7 Å². The number of methoxy groups -OCH3 is 1. The second-order valence-electron chi connectivity index (χ2n) is 1.63. The Morgan fingerprint density at radius 1 is 1.80 bits per heavy atom. The first-order valence-corrected chi connectivity index (χ1v) is 2.60. The van der Waals surface area contributed by atoms with Gasteiger partial charge in [-0.2, -0.15) is 0 Å². The SMILES string of the molecule is C=CC(OC)C(C)=NO.[Si]. The fourth-order valence-corrected chi connectivity index (χ4v) is 0.494. The van der Waals surface area contributed by atoms with Crippen molar-refractivity contribution in [3.63, 3.8) is 0 Å². The Morgan fingerprint density at radius 2 is 2.30 bits per heavy atom. The third-order valence-electron chi connectivity index (χ3n) is 1.04. The molecule has 0 aliphatic heterocycles. The van der Waals surface area contributed by atoms with Crippen molar-refractivity contribution >= 4 is 16.7 Å². The summed E-state index contributed by atoms with van der Waals surface area (Å²) >= 11 is 0. The summed E-state index contributed by atoms with van der Waals surface area (Å²) < 4.78 is 4.84. The minimum atomic E-state index is -0.269. The molecule has 0 spiro atoms. The summed E-state index contributed by atoms with van der Waals surface area (Å²) in [7, 11) is 1.53. The maximum atomic E-state index is 8.23. The standard InChI is InChI=1S/C6H11NO2.Si/c1-4-6(9-3)5(2)7-8;/h4,6,8H,1H2,2-3H3;. The minimum Gasteiger partial charge on any atom is -0.411 e. The van der Waals surface area contributed by atoms with E-state index in [4.69, 9.17) is 9.94 Å². The zero-order chi connectivity index (χ0) is 7.28. The smallest absolute Gasteiger partial charge is 0.116 e. The molecule has 1 unspecified atom stereocenters. The minimum absolute atomic E-state index is 0. The van der Waals surface area contributed by atoms with Crippen LogP contribution >= 0.6 is 0 Å². The van der Waals surface area contributed by atoms with Crippen LogP contribution in [0.25, 0.3) is 0 Å². The van der Waals surface area contributed by atoms with Crippen LogP contribution in [0.5, 0.6) is 0 Å². The molecular formula is C6H11NO2Si. The molecule has 0 aliphatic rings. The highest BCUT2D eigenvalue weighted by Crippen LogP contribution is 1.93. The zero-order valence-corrected chi connectivity index (χ0v) is 7.16. The molecule has 0 saturated carbocycles. The van der Waals surface area contributed by atoms with E-state index in [0.717, 1.165) is 0 Å². The van der Waals surface area contributed by atoms with E-state index in [0.29, 0.717) is 5.71 Å². The predicted octanol–water partition coefficient (Wildman–Crippen LogP) is 0.657. The van der Waals surface area contributed by atoms with Crippen molar-refractivity contribution in [1.82, 2.24) is 0 Å². The Kier molecular flexibility index (Phi) is 7.87. The molecule has 0 aromatic rings. The second-order valence-corrected chi connectivity index (χ2v) is 1.63. The first-order chi connectivity index (χ1) is 4.26.